The van der Waals surface area contributed by atoms with Crippen LogP contribution in [0.4, 0.5) is 0 Å². The van der Waals surface area contributed by atoms with Gasteiger partial charge in [0.15, 0.2) is 5.82 Å². The van der Waals surface area contributed by atoms with Gasteiger partial charge in [0.1, 0.15) is 0 Å². The summed E-state index contributed by atoms with van der Waals surface area (Å²) in [4.78, 5) is 4.44. The van der Waals surface area contributed by atoms with E-state index < -0.39 is 0 Å². The molecule has 2 aromatic heterocycles. The Balaban J connectivity index is 0.00000156. The monoisotopic (exact) mass is 331 g/mol. The second-order valence-corrected chi connectivity index (χ2v) is 5.83. The second kappa shape index (κ2) is 6.14. The van der Waals surface area contributed by atoms with Gasteiger partial charge in [-0.05, 0) is 37.0 Å². The van der Waals surface area contributed by atoms with Gasteiger partial charge in [-0.25, -0.2) is 4.68 Å². The average Bonchev–Trinajstić information content (AvgIpc) is 3.16. The minimum atomic E-state index is -0.379. The SMILES string of the molecule is Cl.NC1(c2noc(Cc3cnn(-c4ccccc4)c3)n2)CCC1. The summed E-state index contributed by atoms with van der Waals surface area (Å²) in [5.41, 5.74) is 7.88. The van der Waals surface area contributed by atoms with E-state index in [9.17, 15) is 0 Å². The molecule has 6 nitrogen and oxygen atoms in total. The molecule has 0 aliphatic heterocycles. The Morgan fingerprint density at radius 2 is 2.00 bits per heavy atom. The average molecular weight is 332 g/mol. The molecule has 0 saturated heterocycles. The lowest BCUT2D eigenvalue weighted by Gasteiger charge is -2.34. The van der Waals surface area contributed by atoms with E-state index in [2.05, 4.69) is 15.2 Å². The van der Waals surface area contributed by atoms with E-state index in [1.165, 1.54) is 0 Å². The maximum Gasteiger partial charge on any atom is 0.231 e. The number of hydrogen-bond donors (Lipinski definition) is 1. The van der Waals surface area contributed by atoms with Gasteiger partial charge in [-0.1, -0.05) is 23.4 Å². The first-order chi connectivity index (χ1) is 10.7. The first-order valence-electron chi connectivity index (χ1n) is 7.44. The Kier molecular flexibility index (Phi) is 4.19. The Morgan fingerprint density at radius 1 is 1.22 bits per heavy atom. The number of benzene rings is 1. The van der Waals surface area contributed by atoms with Crippen molar-refractivity contribution in [1.82, 2.24) is 19.9 Å². The van der Waals surface area contributed by atoms with Crippen molar-refractivity contribution in [2.45, 2.75) is 31.2 Å². The molecule has 0 spiro atoms. The number of nitrogens with zero attached hydrogens (tertiary/aromatic N) is 4. The van der Waals surface area contributed by atoms with Crippen LogP contribution in [0.1, 0.15) is 36.5 Å². The lowest BCUT2D eigenvalue weighted by molar-refractivity contribution is 0.229. The predicted octanol–water partition coefficient (Wildman–Crippen LogP) is 2.61. The highest BCUT2D eigenvalue weighted by Gasteiger charge is 2.38. The van der Waals surface area contributed by atoms with E-state index in [0.717, 1.165) is 30.5 Å². The quantitative estimate of drug-likeness (QED) is 0.794. The summed E-state index contributed by atoms with van der Waals surface area (Å²) in [5, 5.41) is 8.40. The minimum Gasteiger partial charge on any atom is -0.339 e. The number of nitrogens with two attached hydrogens (primary N) is 1. The van der Waals surface area contributed by atoms with Crippen LogP contribution >= 0.6 is 12.4 Å². The van der Waals surface area contributed by atoms with Crippen LogP contribution < -0.4 is 5.73 Å². The summed E-state index contributed by atoms with van der Waals surface area (Å²) < 4.78 is 7.16. The van der Waals surface area contributed by atoms with Crippen molar-refractivity contribution < 1.29 is 4.52 Å². The maximum atomic E-state index is 6.21. The normalized spacial score (nSPS) is 15.7. The standard InChI is InChI=1S/C16H17N5O.ClH/c17-16(7-4-8-16)15-19-14(22-20-15)9-12-10-18-21(11-12)13-5-2-1-3-6-13;/h1-3,5-6,10-11H,4,7-9,17H2;1H. The molecule has 4 rings (SSSR count). The highest BCUT2D eigenvalue weighted by molar-refractivity contribution is 5.85. The third-order valence-electron chi connectivity index (χ3n) is 4.17. The van der Waals surface area contributed by atoms with Gasteiger partial charge in [0.05, 0.1) is 23.8 Å². The van der Waals surface area contributed by atoms with Gasteiger partial charge >= 0.3 is 0 Å². The number of hydrogen-bond acceptors (Lipinski definition) is 5. The van der Waals surface area contributed by atoms with Crippen molar-refractivity contribution >= 4 is 12.4 Å². The minimum absolute atomic E-state index is 0. The van der Waals surface area contributed by atoms with Crippen molar-refractivity contribution in [3.8, 4) is 5.69 Å². The Morgan fingerprint density at radius 3 is 2.70 bits per heavy atom. The molecule has 1 saturated carbocycles. The van der Waals surface area contributed by atoms with Crippen molar-refractivity contribution in [2.24, 2.45) is 5.73 Å². The topological polar surface area (TPSA) is 82.8 Å². The van der Waals surface area contributed by atoms with E-state index in [-0.39, 0.29) is 17.9 Å². The molecule has 0 unspecified atom stereocenters. The Hall–Kier alpha value is -2.18. The summed E-state index contributed by atoms with van der Waals surface area (Å²) in [6.07, 6.45) is 7.34. The molecule has 1 aromatic carbocycles. The third-order valence-corrected chi connectivity index (χ3v) is 4.17. The first kappa shape index (κ1) is 15.7. The summed E-state index contributed by atoms with van der Waals surface area (Å²) in [7, 11) is 0. The van der Waals surface area contributed by atoms with Gasteiger partial charge in [-0.15, -0.1) is 12.4 Å². The first-order valence-corrected chi connectivity index (χ1v) is 7.44. The van der Waals surface area contributed by atoms with Crippen LogP contribution in [0.5, 0.6) is 0 Å². The molecule has 0 atom stereocenters. The largest absolute Gasteiger partial charge is 0.339 e. The van der Waals surface area contributed by atoms with E-state index in [4.69, 9.17) is 10.3 Å². The third kappa shape index (κ3) is 3.00. The van der Waals surface area contributed by atoms with Crippen molar-refractivity contribution in [1.29, 1.82) is 0 Å². The molecule has 1 aliphatic rings. The molecule has 1 aliphatic carbocycles. The van der Waals surface area contributed by atoms with Gasteiger partial charge in [-0.3, -0.25) is 0 Å². The van der Waals surface area contributed by atoms with Gasteiger partial charge in [-0.2, -0.15) is 10.1 Å². The number of aromatic nitrogens is 4. The van der Waals surface area contributed by atoms with Crippen LogP contribution in [0.3, 0.4) is 0 Å². The van der Waals surface area contributed by atoms with E-state index in [0.29, 0.717) is 18.1 Å². The Bertz CT molecular complexity index is 779. The maximum absolute atomic E-state index is 6.21. The van der Waals surface area contributed by atoms with Crippen molar-refractivity contribution in [2.75, 3.05) is 0 Å². The van der Waals surface area contributed by atoms with Crippen LogP contribution in [-0.4, -0.2) is 19.9 Å². The smallest absolute Gasteiger partial charge is 0.231 e. The molecule has 2 heterocycles. The van der Waals surface area contributed by atoms with Gasteiger partial charge in [0.25, 0.3) is 0 Å². The van der Waals surface area contributed by atoms with Crippen LogP contribution in [0.25, 0.3) is 5.69 Å². The summed E-state index contributed by atoms with van der Waals surface area (Å²) in [6, 6.07) is 9.98. The summed E-state index contributed by atoms with van der Waals surface area (Å²) >= 11 is 0. The molecule has 7 heteroatoms. The van der Waals surface area contributed by atoms with Crippen LogP contribution in [0, 0.1) is 0 Å². The summed E-state index contributed by atoms with van der Waals surface area (Å²) in [6.45, 7) is 0. The van der Waals surface area contributed by atoms with Crippen LogP contribution in [0.15, 0.2) is 47.2 Å². The van der Waals surface area contributed by atoms with Crippen LogP contribution in [0.2, 0.25) is 0 Å². The number of halogens is 1. The molecule has 0 bridgehead atoms. The Labute approximate surface area is 140 Å². The summed E-state index contributed by atoms with van der Waals surface area (Å²) in [5.74, 6) is 1.21. The van der Waals surface area contributed by atoms with Gasteiger partial charge in [0.2, 0.25) is 5.89 Å². The van der Waals surface area contributed by atoms with E-state index in [1.54, 1.807) is 0 Å². The molecule has 120 valence electrons. The van der Waals surface area contributed by atoms with Gasteiger partial charge < -0.3 is 10.3 Å². The lowest BCUT2D eigenvalue weighted by Crippen LogP contribution is -2.44. The van der Waals surface area contributed by atoms with Gasteiger partial charge in [0, 0.05) is 6.20 Å². The fraction of sp³-hybridized carbons (Fsp3) is 0.312. The van der Waals surface area contributed by atoms with Crippen LogP contribution in [-0.2, 0) is 12.0 Å². The molecule has 0 radical (unpaired) electrons. The molecule has 0 amide bonds. The van der Waals surface area contributed by atoms with E-state index in [1.807, 2.05) is 47.4 Å². The molecule has 3 aromatic rings. The van der Waals surface area contributed by atoms with Crippen molar-refractivity contribution in [3.05, 3.63) is 60.0 Å². The highest BCUT2D eigenvalue weighted by atomic mass is 35.5. The zero-order valence-electron chi connectivity index (χ0n) is 12.6. The number of para-hydroxylation sites is 1. The zero-order valence-corrected chi connectivity index (χ0v) is 13.4. The van der Waals surface area contributed by atoms with E-state index >= 15 is 0 Å². The fourth-order valence-electron chi connectivity index (χ4n) is 2.66. The zero-order chi connectivity index (χ0) is 15.0. The highest BCUT2D eigenvalue weighted by Crippen LogP contribution is 2.36. The lowest BCUT2D eigenvalue weighted by atomic mass is 9.77. The molecular weight excluding hydrogens is 314 g/mol. The predicted molar refractivity (Wildman–Crippen MR) is 87.6 cm³/mol. The molecule has 23 heavy (non-hydrogen) atoms. The number of rotatable bonds is 4. The second-order valence-electron chi connectivity index (χ2n) is 5.83. The molecule has 2 N–H and O–H groups in total. The van der Waals surface area contributed by atoms with Crippen molar-refractivity contribution in [3.63, 3.8) is 0 Å². The fourth-order valence-corrected chi connectivity index (χ4v) is 2.66. The molecule has 1 fully saturated rings. The molecular formula is C16H18ClN5O.